The molecule has 3 aromatic carbocycles. The van der Waals surface area contributed by atoms with E-state index in [1.165, 1.54) is 23.9 Å². The number of benzene rings is 3. The first-order valence-electron chi connectivity index (χ1n) is 10.8. The molecule has 32 heavy (non-hydrogen) atoms. The van der Waals surface area contributed by atoms with Gasteiger partial charge < -0.3 is 9.80 Å². The minimum atomic E-state index is -3.75. The first kappa shape index (κ1) is 22.3. The first-order valence-corrected chi connectivity index (χ1v) is 12.3. The largest absolute Gasteiger partial charge is 0.368 e. The Balaban J connectivity index is 1.40. The molecule has 0 saturated carbocycles. The fourth-order valence-electron chi connectivity index (χ4n) is 4.16. The lowest BCUT2D eigenvalue weighted by Crippen LogP contribution is -2.51. The van der Waals surface area contributed by atoms with E-state index in [1.807, 2.05) is 24.3 Å². The number of likely N-dealkylation sites (N-methyl/N-ethyl adjacent to an activating group) is 1. The smallest absolute Gasteiger partial charge is 0.243 e. The summed E-state index contributed by atoms with van der Waals surface area (Å²) in [5.41, 5.74) is 3.71. The summed E-state index contributed by atoms with van der Waals surface area (Å²) >= 11 is 0. The fraction of sp³-hybridized carbons (Fsp3) is 0.320. The molecule has 0 unspecified atom stereocenters. The maximum atomic E-state index is 13.0. The summed E-state index contributed by atoms with van der Waals surface area (Å²) in [6.07, 6.45) is 0. The molecule has 1 aliphatic heterocycles. The summed E-state index contributed by atoms with van der Waals surface area (Å²) in [5.74, 6) is -0.169. The van der Waals surface area contributed by atoms with Gasteiger partial charge in [0, 0.05) is 38.9 Å². The van der Waals surface area contributed by atoms with Crippen molar-refractivity contribution in [2.45, 2.75) is 18.7 Å². The van der Waals surface area contributed by atoms with Gasteiger partial charge in [-0.05, 0) is 53.9 Å². The predicted octanol–water partition coefficient (Wildman–Crippen LogP) is 3.43. The van der Waals surface area contributed by atoms with Gasteiger partial charge in [-0.2, -0.15) is 4.31 Å². The lowest BCUT2D eigenvalue weighted by atomic mass is 10.1. The second kappa shape index (κ2) is 8.92. The molecule has 0 atom stereocenters. The Bertz CT molecular complexity index is 1250. The zero-order valence-electron chi connectivity index (χ0n) is 18.8. The average molecular weight is 452 g/mol. The summed E-state index contributed by atoms with van der Waals surface area (Å²) in [6, 6.07) is 19.0. The van der Waals surface area contributed by atoms with E-state index in [9.17, 15) is 13.2 Å². The average Bonchev–Trinajstić information content (AvgIpc) is 2.80. The molecule has 0 bridgehead atoms. The second-order valence-corrected chi connectivity index (χ2v) is 10.4. The zero-order chi connectivity index (χ0) is 22.9. The molecule has 3 aromatic rings. The minimum absolute atomic E-state index is 0.168. The molecule has 0 aliphatic carbocycles. The number of sulfonamides is 1. The number of hydrogen-bond acceptors (Lipinski definition) is 4. The highest BCUT2D eigenvalue weighted by atomic mass is 32.2. The zero-order valence-corrected chi connectivity index (χ0v) is 19.6. The number of nitrogens with zero attached hydrogens (tertiary/aromatic N) is 3. The Morgan fingerprint density at radius 1 is 0.906 bits per heavy atom. The van der Waals surface area contributed by atoms with Crippen LogP contribution in [0.4, 0.5) is 5.69 Å². The third-order valence-corrected chi connectivity index (χ3v) is 8.14. The van der Waals surface area contributed by atoms with Crippen molar-refractivity contribution in [2.75, 3.05) is 44.7 Å². The maximum absolute atomic E-state index is 13.0. The number of amides is 1. The molecule has 7 heteroatoms. The molecular weight excluding hydrogens is 422 g/mol. The van der Waals surface area contributed by atoms with Crippen molar-refractivity contribution in [3.8, 4) is 0 Å². The molecule has 6 nitrogen and oxygen atoms in total. The van der Waals surface area contributed by atoms with E-state index in [1.54, 1.807) is 23.1 Å². The Labute approximate surface area is 190 Å². The lowest BCUT2D eigenvalue weighted by molar-refractivity contribution is -0.131. The van der Waals surface area contributed by atoms with Crippen LogP contribution in [0.25, 0.3) is 10.8 Å². The van der Waals surface area contributed by atoms with Gasteiger partial charge in [0.15, 0.2) is 0 Å². The number of anilines is 1. The quantitative estimate of drug-likeness (QED) is 0.596. The minimum Gasteiger partial charge on any atom is -0.368 e. The van der Waals surface area contributed by atoms with Gasteiger partial charge in [-0.25, -0.2) is 8.42 Å². The first-order chi connectivity index (χ1) is 15.3. The molecular formula is C25H29N3O3S. The number of carbonyl (C=O) groups excluding carboxylic acids is 1. The Kier molecular flexibility index (Phi) is 6.22. The molecule has 0 radical (unpaired) electrons. The monoisotopic (exact) mass is 451 g/mol. The third kappa shape index (κ3) is 4.36. The highest BCUT2D eigenvalue weighted by Crippen LogP contribution is 2.24. The third-order valence-electron chi connectivity index (χ3n) is 6.34. The van der Waals surface area contributed by atoms with Crippen LogP contribution in [0.15, 0.2) is 65.6 Å². The fourth-order valence-corrected chi connectivity index (χ4v) is 5.31. The van der Waals surface area contributed by atoms with Crippen LogP contribution in [0, 0.1) is 13.8 Å². The van der Waals surface area contributed by atoms with Crippen LogP contribution in [0.3, 0.4) is 0 Å². The van der Waals surface area contributed by atoms with Crippen LogP contribution < -0.4 is 4.90 Å². The SMILES string of the molecule is Cc1cccc(N2CCN(C(=O)CN(C)S(=O)(=O)c3ccc4ccccc4c3)CC2)c1C. The van der Waals surface area contributed by atoms with E-state index in [2.05, 4.69) is 36.9 Å². The van der Waals surface area contributed by atoms with E-state index >= 15 is 0 Å². The van der Waals surface area contributed by atoms with Crippen molar-refractivity contribution in [2.24, 2.45) is 0 Å². The van der Waals surface area contributed by atoms with Gasteiger partial charge in [0.25, 0.3) is 0 Å². The molecule has 1 saturated heterocycles. The molecule has 1 aliphatic rings. The molecule has 168 valence electrons. The van der Waals surface area contributed by atoms with Gasteiger partial charge in [0.1, 0.15) is 0 Å². The lowest BCUT2D eigenvalue weighted by Gasteiger charge is -2.37. The second-order valence-electron chi connectivity index (χ2n) is 8.36. The van der Waals surface area contributed by atoms with Crippen molar-refractivity contribution >= 4 is 32.4 Å². The number of rotatable bonds is 5. The number of piperazine rings is 1. The number of carbonyl (C=O) groups is 1. The van der Waals surface area contributed by atoms with Crippen LogP contribution in [0.2, 0.25) is 0 Å². The molecule has 1 heterocycles. The van der Waals surface area contributed by atoms with Crippen LogP contribution >= 0.6 is 0 Å². The van der Waals surface area contributed by atoms with Crippen molar-refractivity contribution in [3.63, 3.8) is 0 Å². The molecule has 4 rings (SSSR count). The highest BCUT2D eigenvalue weighted by molar-refractivity contribution is 7.89. The Hall–Kier alpha value is -2.90. The normalized spacial score (nSPS) is 14.9. The maximum Gasteiger partial charge on any atom is 0.243 e. The van der Waals surface area contributed by atoms with E-state index in [0.29, 0.717) is 13.1 Å². The van der Waals surface area contributed by atoms with Crippen molar-refractivity contribution in [1.82, 2.24) is 9.21 Å². The summed E-state index contributed by atoms with van der Waals surface area (Å²) in [5, 5.41) is 1.84. The van der Waals surface area contributed by atoms with Crippen LogP contribution in [0.5, 0.6) is 0 Å². The summed E-state index contributed by atoms with van der Waals surface area (Å²) in [4.78, 5) is 17.1. The molecule has 1 fully saturated rings. The van der Waals surface area contributed by atoms with Gasteiger partial charge >= 0.3 is 0 Å². The molecule has 0 spiro atoms. The molecule has 1 amide bonds. The van der Waals surface area contributed by atoms with Gasteiger partial charge in [-0.3, -0.25) is 4.79 Å². The Morgan fingerprint density at radius 2 is 1.59 bits per heavy atom. The number of fused-ring (bicyclic) bond motifs is 1. The van der Waals surface area contributed by atoms with Gasteiger partial charge in [0.2, 0.25) is 15.9 Å². The summed E-state index contributed by atoms with van der Waals surface area (Å²) in [6.45, 7) is 6.68. The predicted molar refractivity (Wildman–Crippen MR) is 128 cm³/mol. The van der Waals surface area contributed by atoms with Gasteiger partial charge in [0.05, 0.1) is 11.4 Å². The summed E-state index contributed by atoms with van der Waals surface area (Å²) < 4.78 is 27.2. The Morgan fingerprint density at radius 3 is 2.31 bits per heavy atom. The molecule has 0 aromatic heterocycles. The van der Waals surface area contributed by atoms with E-state index in [0.717, 1.165) is 28.2 Å². The highest BCUT2D eigenvalue weighted by Gasteiger charge is 2.27. The van der Waals surface area contributed by atoms with Crippen LogP contribution in [-0.2, 0) is 14.8 Å². The van der Waals surface area contributed by atoms with E-state index in [4.69, 9.17) is 0 Å². The molecule has 0 N–H and O–H groups in total. The van der Waals surface area contributed by atoms with Gasteiger partial charge in [-0.15, -0.1) is 0 Å². The van der Waals surface area contributed by atoms with Crippen molar-refractivity contribution < 1.29 is 13.2 Å². The van der Waals surface area contributed by atoms with Crippen molar-refractivity contribution in [1.29, 1.82) is 0 Å². The summed E-state index contributed by atoms with van der Waals surface area (Å²) in [7, 11) is -2.29. The van der Waals surface area contributed by atoms with Crippen molar-refractivity contribution in [3.05, 3.63) is 71.8 Å². The van der Waals surface area contributed by atoms with E-state index in [-0.39, 0.29) is 17.3 Å². The van der Waals surface area contributed by atoms with E-state index < -0.39 is 10.0 Å². The van der Waals surface area contributed by atoms with Gasteiger partial charge in [-0.1, -0.05) is 42.5 Å². The van der Waals surface area contributed by atoms with Crippen LogP contribution in [-0.4, -0.2) is 63.3 Å². The topological polar surface area (TPSA) is 60.9 Å². The number of aryl methyl sites for hydroxylation is 1. The number of hydrogen-bond donors (Lipinski definition) is 0. The van der Waals surface area contributed by atoms with Crippen LogP contribution in [0.1, 0.15) is 11.1 Å². The standard InChI is InChI=1S/C25H29N3O3S/c1-19-7-6-10-24(20(19)2)27-13-15-28(16-14-27)25(29)18-26(3)32(30,31)23-12-11-21-8-4-5-9-22(21)17-23/h4-12,17H,13-16,18H2,1-3H3.